The fourth-order valence-corrected chi connectivity index (χ4v) is 6.37. The van der Waals surface area contributed by atoms with Gasteiger partial charge in [0.1, 0.15) is 23.5 Å². The van der Waals surface area contributed by atoms with Crippen LogP contribution in [-0.2, 0) is 6.42 Å². The van der Waals surface area contributed by atoms with E-state index in [9.17, 15) is 4.79 Å². The van der Waals surface area contributed by atoms with Gasteiger partial charge in [-0.25, -0.2) is 9.79 Å². The zero-order valence-electron chi connectivity index (χ0n) is 28.7. The summed E-state index contributed by atoms with van der Waals surface area (Å²) >= 11 is 0. The predicted molar refractivity (Wildman–Crippen MR) is 190 cm³/mol. The molecule has 0 saturated carbocycles. The zero-order valence-corrected chi connectivity index (χ0v) is 28.7. The molecule has 10 nitrogen and oxygen atoms in total. The van der Waals surface area contributed by atoms with E-state index in [0.717, 1.165) is 72.0 Å². The molecule has 0 bridgehead atoms. The Labute approximate surface area is 283 Å². The highest BCUT2D eigenvalue weighted by Crippen LogP contribution is 2.39. The number of fused-ring (bicyclic) bond motifs is 2. The van der Waals surface area contributed by atoms with Crippen molar-refractivity contribution in [2.45, 2.75) is 71.9 Å². The Kier molecular flexibility index (Phi) is 9.82. The van der Waals surface area contributed by atoms with Crippen LogP contribution in [0, 0.1) is 18.3 Å². The molecule has 1 fully saturated rings. The minimum atomic E-state index is -0.340. The van der Waals surface area contributed by atoms with E-state index in [0.29, 0.717) is 17.5 Å². The summed E-state index contributed by atoms with van der Waals surface area (Å²) in [7, 11) is 2.18. The molecule has 10 heteroatoms. The maximum Gasteiger partial charge on any atom is 0.320 e. The van der Waals surface area contributed by atoms with Gasteiger partial charge in [0.2, 0.25) is 0 Å². The first-order valence-corrected chi connectivity index (χ1v) is 17.0. The number of piperidine rings is 1. The Morgan fingerprint density at radius 3 is 2.46 bits per heavy atom. The van der Waals surface area contributed by atoms with Crippen molar-refractivity contribution < 1.29 is 9.53 Å². The number of carbonyl (C=O) groups is 1. The van der Waals surface area contributed by atoms with Gasteiger partial charge in [0.15, 0.2) is 5.65 Å². The minimum Gasteiger partial charge on any atom is -0.484 e. The number of hydrogen-bond acceptors (Lipinski definition) is 7. The Balaban J connectivity index is 1.16. The summed E-state index contributed by atoms with van der Waals surface area (Å²) in [6.45, 7) is 10.4. The summed E-state index contributed by atoms with van der Waals surface area (Å²) in [5.41, 5.74) is 11.5. The van der Waals surface area contributed by atoms with Crippen LogP contribution in [0.5, 0.6) is 5.75 Å². The number of hydrogen-bond donors (Lipinski definition) is 3. The third kappa shape index (κ3) is 8.05. The molecule has 2 aromatic carbocycles. The number of nitrogens with one attached hydrogen (secondary N) is 2. The van der Waals surface area contributed by atoms with Crippen LogP contribution in [0.25, 0.3) is 5.65 Å². The zero-order chi connectivity index (χ0) is 33.8. The second-order valence-corrected chi connectivity index (χ2v) is 14.3. The number of likely N-dealkylation sites (tertiary alicyclic amines) is 1. The number of aliphatic imine (C=N–C) groups is 1. The quantitative estimate of drug-likeness (QED) is 0.150. The maximum atomic E-state index is 13.4. The predicted octanol–water partition coefficient (Wildman–Crippen LogP) is 6.80. The molecule has 1 aliphatic carbocycles. The molecule has 2 aromatic heterocycles. The van der Waals surface area contributed by atoms with Gasteiger partial charge in [-0.15, -0.1) is 10.2 Å². The lowest BCUT2D eigenvalue weighted by molar-refractivity contribution is 0.171. The molecule has 2 aliphatic rings. The molecule has 0 unspecified atom stereocenters. The van der Waals surface area contributed by atoms with E-state index in [2.05, 4.69) is 49.3 Å². The van der Waals surface area contributed by atoms with Crippen LogP contribution in [0.2, 0.25) is 0 Å². The summed E-state index contributed by atoms with van der Waals surface area (Å²) in [6, 6.07) is 19.4. The van der Waals surface area contributed by atoms with Crippen LogP contribution in [-0.4, -0.2) is 51.5 Å². The van der Waals surface area contributed by atoms with E-state index < -0.39 is 0 Å². The number of aromatic nitrogens is 3. The summed E-state index contributed by atoms with van der Waals surface area (Å²) in [4.78, 5) is 20.5. The average Bonchev–Trinajstić information content (AvgIpc) is 3.45. The van der Waals surface area contributed by atoms with Crippen LogP contribution >= 0.6 is 0 Å². The molecule has 0 spiro atoms. The Morgan fingerprint density at radius 2 is 1.73 bits per heavy atom. The van der Waals surface area contributed by atoms with Crippen LogP contribution < -0.4 is 21.1 Å². The van der Waals surface area contributed by atoms with Crippen molar-refractivity contribution in [2.75, 3.05) is 20.1 Å². The standard InChI is InChI=1S/C38H48N8O2/c1-25-10-12-27(13-11-25)40-34(23-33(39)38(2,3)4)42-37(47)41-31-15-16-32(30-9-7-6-8-29(30)31)48-28-14-17-35-43-44-36(46(35)24-28)22-26-18-20-45(5)21-19-26/h6-14,17,23-24,26,31-32H,15-16,18-22,39H2,1-5H3,(H2,40,41,42,47)/b33-23-/t31-,32+/m0/s1. The molecule has 4 aromatic rings. The molecular weight excluding hydrogens is 600 g/mol. The number of amides is 2. The third-order valence-corrected chi connectivity index (χ3v) is 9.46. The van der Waals surface area contributed by atoms with Crippen molar-refractivity contribution >= 4 is 23.2 Å². The molecule has 3 heterocycles. The van der Waals surface area contributed by atoms with Crippen molar-refractivity contribution in [2.24, 2.45) is 22.1 Å². The number of amidine groups is 1. The molecule has 2 amide bonds. The van der Waals surface area contributed by atoms with Crippen LogP contribution in [0.3, 0.4) is 0 Å². The second kappa shape index (κ2) is 14.2. The Morgan fingerprint density at radius 1 is 1.00 bits per heavy atom. The molecule has 48 heavy (non-hydrogen) atoms. The lowest BCUT2D eigenvalue weighted by atomic mass is 9.85. The van der Waals surface area contributed by atoms with Gasteiger partial charge in [-0.05, 0) is 94.1 Å². The first-order chi connectivity index (χ1) is 23.0. The topological polar surface area (TPSA) is 122 Å². The number of ether oxygens (including phenoxy) is 1. The van der Waals surface area contributed by atoms with Gasteiger partial charge in [0.25, 0.3) is 0 Å². The van der Waals surface area contributed by atoms with Crippen molar-refractivity contribution in [3.05, 3.63) is 101 Å². The summed E-state index contributed by atoms with van der Waals surface area (Å²) in [5.74, 6) is 2.75. The van der Waals surface area contributed by atoms with Gasteiger partial charge in [-0.1, -0.05) is 62.7 Å². The average molecular weight is 649 g/mol. The number of carbonyl (C=O) groups excluding carboxylic acids is 1. The SMILES string of the molecule is Cc1ccc(N=C(/C=C(\N)C(C)(C)C)NC(=O)N[C@H]2CC[C@@H](Oc3ccc4nnc(CC5CCN(C)CC5)n4c3)c3ccccc32)cc1. The molecule has 1 saturated heterocycles. The number of allylic oxidation sites excluding steroid dienone is 1. The van der Waals surface area contributed by atoms with Crippen molar-refractivity contribution in [3.8, 4) is 5.75 Å². The highest BCUT2D eigenvalue weighted by Gasteiger charge is 2.30. The Bertz CT molecular complexity index is 1800. The smallest absolute Gasteiger partial charge is 0.320 e. The van der Waals surface area contributed by atoms with Gasteiger partial charge in [-0.3, -0.25) is 9.72 Å². The van der Waals surface area contributed by atoms with Gasteiger partial charge in [-0.2, -0.15) is 0 Å². The highest BCUT2D eigenvalue weighted by molar-refractivity contribution is 6.05. The Hall–Kier alpha value is -4.70. The molecule has 6 rings (SSSR count). The first kappa shape index (κ1) is 33.2. The number of pyridine rings is 1. The molecule has 252 valence electrons. The monoisotopic (exact) mass is 648 g/mol. The number of urea groups is 1. The fourth-order valence-electron chi connectivity index (χ4n) is 6.37. The van der Waals surface area contributed by atoms with Crippen LogP contribution in [0.4, 0.5) is 10.5 Å². The number of aryl methyl sites for hydroxylation is 1. The molecule has 4 N–H and O–H groups in total. The van der Waals surface area contributed by atoms with E-state index in [4.69, 9.17) is 15.5 Å². The lowest BCUT2D eigenvalue weighted by Crippen LogP contribution is -2.42. The normalized spacial score (nSPS) is 19.6. The van der Waals surface area contributed by atoms with Gasteiger partial charge in [0.05, 0.1) is 17.9 Å². The molecular formula is C38H48N8O2. The summed E-state index contributed by atoms with van der Waals surface area (Å²) in [6.07, 6.45) is 8.33. The number of benzene rings is 2. The van der Waals surface area contributed by atoms with Crippen molar-refractivity contribution in [1.29, 1.82) is 0 Å². The number of nitrogens with zero attached hydrogens (tertiary/aromatic N) is 5. The highest BCUT2D eigenvalue weighted by atomic mass is 16.5. The third-order valence-electron chi connectivity index (χ3n) is 9.46. The van der Waals surface area contributed by atoms with Gasteiger partial charge < -0.3 is 20.7 Å². The van der Waals surface area contributed by atoms with E-state index in [-0.39, 0.29) is 23.6 Å². The lowest BCUT2D eigenvalue weighted by Gasteiger charge is -2.32. The molecule has 2 atom stereocenters. The maximum absolute atomic E-state index is 13.4. The van der Waals surface area contributed by atoms with Gasteiger partial charge in [0, 0.05) is 23.6 Å². The first-order valence-electron chi connectivity index (χ1n) is 17.0. The number of nitrogens with two attached hydrogens (primary N) is 1. The molecule has 1 aliphatic heterocycles. The summed E-state index contributed by atoms with van der Waals surface area (Å²) in [5, 5.41) is 15.1. The van der Waals surface area contributed by atoms with Crippen LogP contribution in [0.15, 0.2) is 83.6 Å². The fraction of sp³-hybridized carbons (Fsp3) is 0.421. The van der Waals surface area contributed by atoms with E-state index >= 15 is 0 Å². The van der Waals surface area contributed by atoms with Crippen molar-refractivity contribution in [3.63, 3.8) is 0 Å². The van der Waals surface area contributed by atoms with Gasteiger partial charge >= 0.3 is 6.03 Å². The van der Waals surface area contributed by atoms with E-state index in [1.807, 2.05) is 82.4 Å². The van der Waals surface area contributed by atoms with E-state index in [1.54, 1.807) is 6.08 Å². The number of rotatable bonds is 7. The molecule has 0 radical (unpaired) electrons. The second-order valence-electron chi connectivity index (χ2n) is 14.3. The van der Waals surface area contributed by atoms with Crippen LogP contribution in [0.1, 0.15) is 81.1 Å². The van der Waals surface area contributed by atoms with Crippen molar-refractivity contribution in [1.82, 2.24) is 30.1 Å². The largest absolute Gasteiger partial charge is 0.484 e. The van der Waals surface area contributed by atoms with E-state index in [1.165, 1.54) is 12.8 Å². The summed E-state index contributed by atoms with van der Waals surface area (Å²) < 4.78 is 8.71. The minimum absolute atomic E-state index is 0.151.